The highest BCUT2D eigenvalue weighted by atomic mass is 16.7. The zero-order valence-corrected chi connectivity index (χ0v) is 14.2. The SMILES string of the molecule is Cc1cccc(CN2C[C@@H]3[C@@H](C(=O)N4CCCCO4)CO[C@@H]3C2)n1. The molecule has 0 bridgehead atoms. The Kier molecular flexibility index (Phi) is 4.52. The molecule has 4 rings (SSSR count). The second-order valence-corrected chi connectivity index (χ2v) is 7.09. The molecule has 0 N–H and O–H groups in total. The van der Waals surface area contributed by atoms with E-state index in [9.17, 15) is 4.79 Å². The van der Waals surface area contributed by atoms with E-state index in [0.717, 1.165) is 43.9 Å². The summed E-state index contributed by atoms with van der Waals surface area (Å²) in [7, 11) is 0. The summed E-state index contributed by atoms with van der Waals surface area (Å²) in [5.74, 6) is 0.314. The van der Waals surface area contributed by atoms with Crippen molar-refractivity contribution in [2.75, 3.05) is 32.8 Å². The third-order valence-corrected chi connectivity index (χ3v) is 5.29. The first-order chi connectivity index (χ1) is 11.7. The maximum Gasteiger partial charge on any atom is 0.251 e. The Bertz CT molecular complexity index is 603. The van der Waals surface area contributed by atoms with E-state index in [1.165, 1.54) is 0 Å². The van der Waals surface area contributed by atoms with Crippen LogP contribution in [0, 0.1) is 18.8 Å². The van der Waals surface area contributed by atoms with Crippen LogP contribution in [0.1, 0.15) is 24.2 Å². The zero-order valence-electron chi connectivity index (χ0n) is 14.2. The van der Waals surface area contributed by atoms with Crippen molar-refractivity contribution in [3.05, 3.63) is 29.6 Å². The fourth-order valence-corrected chi connectivity index (χ4v) is 4.05. The second-order valence-electron chi connectivity index (χ2n) is 7.09. The van der Waals surface area contributed by atoms with Crippen molar-refractivity contribution in [1.82, 2.24) is 14.9 Å². The van der Waals surface area contributed by atoms with Gasteiger partial charge in [-0.2, -0.15) is 0 Å². The lowest BCUT2D eigenvalue weighted by Crippen LogP contribution is -2.42. The largest absolute Gasteiger partial charge is 0.376 e. The molecule has 0 aromatic carbocycles. The number of hydrogen-bond acceptors (Lipinski definition) is 5. The fourth-order valence-electron chi connectivity index (χ4n) is 4.05. The van der Waals surface area contributed by atoms with Gasteiger partial charge < -0.3 is 4.74 Å². The van der Waals surface area contributed by atoms with E-state index in [0.29, 0.717) is 19.8 Å². The Labute approximate surface area is 142 Å². The van der Waals surface area contributed by atoms with Crippen LogP contribution >= 0.6 is 0 Å². The summed E-state index contributed by atoms with van der Waals surface area (Å²) in [6, 6.07) is 6.12. The number of hydroxylamine groups is 2. The topological polar surface area (TPSA) is 54.9 Å². The average Bonchev–Trinajstić information content (AvgIpc) is 3.15. The molecule has 0 saturated carbocycles. The van der Waals surface area contributed by atoms with Crippen molar-refractivity contribution in [3.63, 3.8) is 0 Å². The molecule has 3 saturated heterocycles. The van der Waals surface area contributed by atoms with Gasteiger partial charge in [-0.15, -0.1) is 0 Å². The minimum absolute atomic E-state index is 0.0661. The highest BCUT2D eigenvalue weighted by Gasteiger charge is 2.48. The smallest absolute Gasteiger partial charge is 0.251 e. The Balaban J connectivity index is 1.38. The molecule has 24 heavy (non-hydrogen) atoms. The van der Waals surface area contributed by atoms with Crippen LogP contribution in [-0.4, -0.2) is 59.8 Å². The molecule has 3 atom stereocenters. The number of pyridine rings is 1. The van der Waals surface area contributed by atoms with Crippen LogP contribution in [-0.2, 0) is 20.9 Å². The first-order valence-electron chi connectivity index (χ1n) is 8.91. The monoisotopic (exact) mass is 331 g/mol. The highest BCUT2D eigenvalue weighted by Crippen LogP contribution is 2.35. The molecule has 1 amide bonds. The Morgan fingerprint density at radius 2 is 2.25 bits per heavy atom. The normalized spacial score (nSPS) is 30.5. The number of fused-ring (bicyclic) bond motifs is 1. The van der Waals surface area contributed by atoms with Gasteiger partial charge >= 0.3 is 0 Å². The number of rotatable bonds is 3. The summed E-state index contributed by atoms with van der Waals surface area (Å²) in [4.78, 5) is 25.2. The molecule has 3 fully saturated rings. The van der Waals surface area contributed by atoms with Gasteiger partial charge in [-0.3, -0.25) is 19.5 Å². The van der Waals surface area contributed by atoms with E-state index < -0.39 is 0 Å². The third kappa shape index (κ3) is 3.18. The Morgan fingerprint density at radius 3 is 3.04 bits per heavy atom. The highest BCUT2D eigenvalue weighted by molar-refractivity contribution is 5.78. The molecular formula is C18H25N3O3. The molecule has 0 spiro atoms. The van der Waals surface area contributed by atoms with Gasteiger partial charge in [0.15, 0.2) is 0 Å². The van der Waals surface area contributed by atoms with Gasteiger partial charge in [0.1, 0.15) is 0 Å². The Morgan fingerprint density at radius 1 is 1.33 bits per heavy atom. The minimum atomic E-state index is -0.0661. The first kappa shape index (κ1) is 16.0. The van der Waals surface area contributed by atoms with Crippen LogP contribution in [0.3, 0.4) is 0 Å². The molecule has 6 heteroatoms. The van der Waals surface area contributed by atoms with Gasteiger partial charge in [-0.25, -0.2) is 5.06 Å². The summed E-state index contributed by atoms with van der Waals surface area (Å²) in [6.07, 6.45) is 2.22. The van der Waals surface area contributed by atoms with Crippen LogP contribution in [0.5, 0.6) is 0 Å². The van der Waals surface area contributed by atoms with Crippen molar-refractivity contribution in [1.29, 1.82) is 0 Å². The molecule has 0 radical (unpaired) electrons. The molecule has 0 unspecified atom stereocenters. The quantitative estimate of drug-likeness (QED) is 0.838. The molecule has 130 valence electrons. The maximum absolute atomic E-state index is 12.7. The number of aryl methyl sites for hydroxylation is 1. The van der Waals surface area contributed by atoms with Crippen LogP contribution in [0.25, 0.3) is 0 Å². The van der Waals surface area contributed by atoms with Crippen LogP contribution in [0.15, 0.2) is 18.2 Å². The standard InChI is InChI=1S/C18H25N3O3/c1-13-5-4-6-14(19-13)9-20-10-15-16(12-23-17(15)11-20)18(22)21-7-2-3-8-24-21/h4-6,15-17H,2-3,7-12H2,1H3/t15-,16+,17-/m1/s1. The summed E-state index contributed by atoms with van der Waals surface area (Å²) in [6.45, 7) is 6.50. The number of likely N-dealkylation sites (tertiary alicyclic amines) is 1. The molecule has 3 aliphatic heterocycles. The number of nitrogens with zero attached hydrogens (tertiary/aromatic N) is 3. The van der Waals surface area contributed by atoms with E-state index >= 15 is 0 Å². The van der Waals surface area contributed by atoms with Crippen molar-refractivity contribution < 1.29 is 14.4 Å². The fraction of sp³-hybridized carbons (Fsp3) is 0.667. The molecule has 0 aliphatic carbocycles. The van der Waals surface area contributed by atoms with E-state index in [1.54, 1.807) is 5.06 Å². The van der Waals surface area contributed by atoms with Gasteiger partial charge in [0.05, 0.1) is 30.9 Å². The molecule has 1 aromatic rings. The summed E-state index contributed by atoms with van der Waals surface area (Å²) >= 11 is 0. The van der Waals surface area contributed by atoms with Crippen LogP contribution < -0.4 is 0 Å². The number of amides is 1. The molecule has 1 aromatic heterocycles. The summed E-state index contributed by atoms with van der Waals surface area (Å²) in [5, 5.41) is 1.57. The van der Waals surface area contributed by atoms with Gasteiger partial charge in [0.2, 0.25) is 0 Å². The summed E-state index contributed by atoms with van der Waals surface area (Å²) < 4.78 is 5.93. The van der Waals surface area contributed by atoms with E-state index in [4.69, 9.17) is 9.57 Å². The van der Waals surface area contributed by atoms with E-state index in [1.807, 2.05) is 19.1 Å². The number of ether oxygens (including phenoxy) is 1. The van der Waals surface area contributed by atoms with E-state index in [2.05, 4.69) is 16.0 Å². The number of carbonyl (C=O) groups excluding carboxylic acids is 1. The zero-order chi connectivity index (χ0) is 16.5. The minimum Gasteiger partial charge on any atom is -0.376 e. The van der Waals surface area contributed by atoms with E-state index in [-0.39, 0.29) is 23.8 Å². The predicted octanol–water partition coefficient (Wildman–Crippen LogP) is 1.39. The lowest BCUT2D eigenvalue weighted by Gasteiger charge is -2.29. The maximum atomic E-state index is 12.7. The summed E-state index contributed by atoms with van der Waals surface area (Å²) in [5.41, 5.74) is 2.12. The van der Waals surface area contributed by atoms with Crippen molar-refractivity contribution in [3.8, 4) is 0 Å². The van der Waals surface area contributed by atoms with Gasteiger partial charge in [0, 0.05) is 37.8 Å². The lowest BCUT2D eigenvalue weighted by atomic mass is 9.92. The average molecular weight is 331 g/mol. The van der Waals surface area contributed by atoms with Crippen molar-refractivity contribution in [2.45, 2.75) is 32.4 Å². The first-order valence-corrected chi connectivity index (χ1v) is 8.91. The number of hydrogen-bond donors (Lipinski definition) is 0. The molecule has 6 nitrogen and oxygen atoms in total. The van der Waals surface area contributed by atoms with Crippen molar-refractivity contribution in [2.24, 2.45) is 11.8 Å². The molecule has 3 aliphatic rings. The second kappa shape index (κ2) is 6.78. The van der Waals surface area contributed by atoms with Gasteiger partial charge in [0.25, 0.3) is 5.91 Å². The van der Waals surface area contributed by atoms with Crippen LogP contribution in [0.4, 0.5) is 0 Å². The van der Waals surface area contributed by atoms with Crippen molar-refractivity contribution >= 4 is 5.91 Å². The number of carbonyl (C=O) groups is 1. The molecule has 4 heterocycles. The lowest BCUT2D eigenvalue weighted by molar-refractivity contribution is -0.202. The van der Waals surface area contributed by atoms with Gasteiger partial charge in [-0.05, 0) is 31.9 Å². The molecular weight excluding hydrogens is 306 g/mol. The Hall–Kier alpha value is -1.50. The number of aromatic nitrogens is 1. The predicted molar refractivity (Wildman–Crippen MR) is 87.9 cm³/mol. The third-order valence-electron chi connectivity index (χ3n) is 5.29. The van der Waals surface area contributed by atoms with Crippen LogP contribution in [0.2, 0.25) is 0 Å². The van der Waals surface area contributed by atoms with Gasteiger partial charge in [-0.1, -0.05) is 6.07 Å².